The molecule has 0 aromatic carbocycles. The van der Waals surface area contributed by atoms with E-state index in [1.807, 2.05) is 11.4 Å². The molecule has 0 spiro atoms. The number of hydrogen-bond acceptors (Lipinski definition) is 6. The van der Waals surface area contributed by atoms with Gasteiger partial charge in [-0.25, -0.2) is 0 Å². The minimum Gasteiger partial charge on any atom is -0.390 e. The third-order valence-corrected chi connectivity index (χ3v) is 3.82. The van der Waals surface area contributed by atoms with Crippen LogP contribution in [0, 0.1) is 0 Å². The van der Waals surface area contributed by atoms with E-state index in [0.29, 0.717) is 23.1 Å². The smallest absolute Gasteiger partial charge is 0.260 e. The molecule has 0 aliphatic carbocycles. The first-order valence-corrected chi connectivity index (χ1v) is 6.98. The Hall–Kier alpha value is -1.40. The molecule has 1 saturated heterocycles. The highest BCUT2D eigenvalue weighted by molar-refractivity contribution is 7.14. The summed E-state index contributed by atoms with van der Waals surface area (Å²) in [5.41, 5.74) is 6.65. The van der Waals surface area contributed by atoms with Crippen molar-refractivity contribution >= 4 is 16.3 Å². The fourth-order valence-electron chi connectivity index (χ4n) is 2.12. The molecule has 3 heterocycles. The molecule has 6 heteroatoms. The van der Waals surface area contributed by atoms with E-state index < -0.39 is 0 Å². The van der Waals surface area contributed by atoms with E-state index in [1.54, 1.807) is 0 Å². The van der Waals surface area contributed by atoms with Crippen LogP contribution in [0.3, 0.4) is 0 Å². The van der Waals surface area contributed by atoms with E-state index in [9.17, 15) is 0 Å². The molecule has 2 aromatic rings. The second-order valence-corrected chi connectivity index (χ2v) is 5.35. The highest BCUT2D eigenvalue weighted by Gasteiger charge is 2.19. The molecule has 0 saturated carbocycles. The monoisotopic (exact) mass is 265 g/mol. The minimum absolute atomic E-state index is 0.226. The Labute approximate surface area is 109 Å². The van der Waals surface area contributed by atoms with Crippen molar-refractivity contribution in [1.29, 1.82) is 0 Å². The van der Waals surface area contributed by atoms with E-state index >= 15 is 0 Å². The van der Waals surface area contributed by atoms with Gasteiger partial charge in [-0.1, -0.05) is 5.16 Å². The molecule has 2 N–H and O–H groups in total. The minimum atomic E-state index is 0.226. The van der Waals surface area contributed by atoms with Gasteiger partial charge in [0.15, 0.2) is 5.82 Å². The maximum Gasteiger partial charge on any atom is 0.260 e. The second-order valence-electron chi connectivity index (χ2n) is 4.41. The lowest BCUT2D eigenvalue weighted by molar-refractivity contribution is 0.0153. The lowest BCUT2D eigenvalue weighted by atomic mass is 10.1. The topological polar surface area (TPSA) is 74.2 Å². The van der Waals surface area contributed by atoms with Gasteiger partial charge in [-0.15, -0.1) is 11.3 Å². The van der Waals surface area contributed by atoms with Crippen molar-refractivity contribution in [3.63, 3.8) is 0 Å². The first-order chi connectivity index (χ1) is 8.83. The summed E-state index contributed by atoms with van der Waals surface area (Å²) in [7, 11) is 0. The summed E-state index contributed by atoms with van der Waals surface area (Å²) >= 11 is 1.47. The van der Waals surface area contributed by atoms with Crippen LogP contribution in [0.4, 0.5) is 5.00 Å². The number of aromatic nitrogens is 2. The molecule has 1 aliphatic heterocycles. The molecule has 96 valence electrons. The lowest BCUT2D eigenvalue weighted by Crippen LogP contribution is -2.21. The maximum atomic E-state index is 5.83. The molecule has 2 aromatic heterocycles. The average molecular weight is 265 g/mol. The number of rotatable bonds is 3. The van der Waals surface area contributed by atoms with Gasteiger partial charge in [-0.2, -0.15) is 4.98 Å². The summed E-state index contributed by atoms with van der Waals surface area (Å²) in [6.07, 6.45) is 4.38. The second kappa shape index (κ2) is 5.07. The molecule has 1 fully saturated rings. The molecular weight excluding hydrogens is 250 g/mol. The van der Waals surface area contributed by atoms with Crippen LogP contribution in [-0.2, 0) is 11.2 Å². The summed E-state index contributed by atoms with van der Waals surface area (Å²) in [4.78, 5) is 4.38. The highest BCUT2D eigenvalue weighted by Crippen LogP contribution is 2.29. The van der Waals surface area contributed by atoms with Crippen molar-refractivity contribution in [2.45, 2.75) is 31.8 Å². The Kier molecular flexibility index (Phi) is 3.29. The zero-order chi connectivity index (χ0) is 12.4. The molecule has 0 radical (unpaired) electrons. The normalized spacial score (nSPS) is 20.1. The van der Waals surface area contributed by atoms with Gasteiger partial charge in [0.1, 0.15) is 0 Å². The molecular formula is C12H15N3O2S. The fourth-order valence-corrected chi connectivity index (χ4v) is 2.75. The standard InChI is InChI=1S/C12H15N3O2S/c13-11-9(4-6-18-11)12-14-10(15-17-12)7-8-3-1-2-5-16-8/h4,6,8H,1-3,5,7,13H2. The Bertz CT molecular complexity index is 517. The van der Waals surface area contributed by atoms with Crippen molar-refractivity contribution in [1.82, 2.24) is 10.1 Å². The Morgan fingerprint density at radius 3 is 3.11 bits per heavy atom. The van der Waals surface area contributed by atoms with Crippen LogP contribution in [0.1, 0.15) is 25.1 Å². The van der Waals surface area contributed by atoms with E-state index in [2.05, 4.69) is 10.1 Å². The van der Waals surface area contributed by atoms with Gasteiger partial charge in [0, 0.05) is 13.0 Å². The predicted molar refractivity (Wildman–Crippen MR) is 69.3 cm³/mol. The van der Waals surface area contributed by atoms with Crippen LogP contribution in [0.15, 0.2) is 16.0 Å². The number of anilines is 1. The van der Waals surface area contributed by atoms with Crippen molar-refractivity contribution in [3.8, 4) is 11.5 Å². The largest absolute Gasteiger partial charge is 0.390 e. The molecule has 5 nitrogen and oxygen atoms in total. The van der Waals surface area contributed by atoms with Crippen molar-refractivity contribution in [2.24, 2.45) is 0 Å². The third kappa shape index (κ3) is 2.39. The predicted octanol–water partition coefficient (Wildman–Crippen LogP) is 2.49. The van der Waals surface area contributed by atoms with Crippen LogP contribution >= 0.6 is 11.3 Å². The van der Waals surface area contributed by atoms with Crippen LogP contribution in [0.5, 0.6) is 0 Å². The van der Waals surface area contributed by atoms with Crippen LogP contribution in [0.25, 0.3) is 11.5 Å². The molecule has 1 unspecified atom stereocenters. The van der Waals surface area contributed by atoms with E-state index in [4.69, 9.17) is 15.0 Å². The molecule has 1 atom stereocenters. The first kappa shape index (κ1) is 11.7. The number of thiophene rings is 1. The van der Waals surface area contributed by atoms with Crippen molar-refractivity contribution in [3.05, 3.63) is 17.3 Å². The average Bonchev–Trinajstić information content (AvgIpc) is 2.99. The number of nitrogen functional groups attached to an aromatic ring is 1. The van der Waals surface area contributed by atoms with E-state index in [0.717, 1.165) is 25.0 Å². The summed E-state index contributed by atoms with van der Waals surface area (Å²) in [5.74, 6) is 1.20. The van der Waals surface area contributed by atoms with Gasteiger partial charge in [-0.05, 0) is 30.7 Å². The number of nitrogens with zero attached hydrogens (tertiary/aromatic N) is 2. The van der Waals surface area contributed by atoms with Gasteiger partial charge in [0.2, 0.25) is 0 Å². The van der Waals surface area contributed by atoms with E-state index in [1.165, 1.54) is 17.8 Å². The molecule has 0 bridgehead atoms. The summed E-state index contributed by atoms with van der Waals surface area (Å²) in [6, 6.07) is 1.90. The fraction of sp³-hybridized carbons (Fsp3) is 0.500. The lowest BCUT2D eigenvalue weighted by Gasteiger charge is -2.20. The van der Waals surface area contributed by atoms with E-state index in [-0.39, 0.29) is 6.10 Å². The molecule has 0 amide bonds. The van der Waals surface area contributed by atoms with Crippen LogP contribution < -0.4 is 5.73 Å². The van der Waals surface area contributed by atoms with Gasteiger partial charge < -0.3 is 15.0 Å². The van der Waals surface area contributed by atoms with Crippen molar-refractivity contribution < 1.29 is 9.26 Å². The van der Waals surface area contributed by atoms with Crippen LogP contribution in [-0.4, -0.2) is 22.9 Å². The molecule has 3 rings (SSSR count). The SMILES string of the molecule is Nc1sccc1-c1nc(CC2CCCCO2)no1. The van der Waals surface area contributed by atoms with Gasteiger partial charge in [-0.3, -0.25) is 0 Å². The van der Waals surface area contributed by atoms with Crippen LogP contribution in [0.2, 0.25) is 0 Å². The molecule has 18 heavy (non-hydrogen) atoms. The summed E-state index contributed by atoms with van der Waals surface area (Å²) < 4.78 is 10.9. The highest BCUT2D eigenvalue weighted by atomic mass is 32.1. The number of hydrogen-bond donors (Lipinski definition) is 1. The maximum absolute atomic E-state index is 5.83. The van der Waals surface area contributed by atoms with Gasteiger partial charge in [0.05, 0.1) is 16.7 Å². The van der Waals surface area contributed by atoms with Gasteiger partial charge >= 0.3 is 0 Å². The quantitative estimate of drug-likeness (QED) is 0.922. The number of nitrogens with two attached hydrogens (primary N) is 1. The Morgan fingerprint density at radius 2 is 2.39 bits per heavy atom. The summed E-state index contributed by atoms with van der Waals surface area (Å²) in [5, 5.41) is 6.61. The Balaban J connectivity index is 1.71. The Morgan fingerprint density at radius 1 is 1.44 bits per heavy atom. The molecule has 1 aliphatic rings. The summed E-state index contributed by atoms with van der Waals surface area (Å²) in [6.45, 7) is 0.840. The zero-order valence-corrected chi connectivity index (χ0v) is 10.8. The first-order valence-electron chi connectivity index (χ1n) is 6.10. The number of ether oxygens (including phenoxy) is 1. The third-order valence-electron chi connectivity index (χ3n) is 3.08. The van der Waals surface area contributed by atoms with Crippen molar-refractivity contribution in [2.75, 3.05) is 12.3 Å². The van der Waals surface area contributed by atoms with Gasteiger partial charge in [0.25, 0.3) is 5.89 Å². The zero-order valence-electron chi connectivity index (χ0n) is 9.96.